The van der Waals surface area contributed by atoms with Crippen molar-refractivity contribution in [3.05, 3.63) is 106 Å². The van der Waals surface area contributed by atoms with E-state index in [1.54, 1.807) is 45.2 Å². The number of carbonyl (C=O) groups is 4. The minimum Gasteiger partial charge on any atom is -0.497 e. The van der Waals surface area contributed by atoms with Gasteiger partial charge in [0.15, 0.2) is 5.79 Å². The fourth-order valence-corrected chi connectivity index (χ4v) is 7.70. The summed E-state index contributed by atoms with van der Waals surface area (Å²) in [5.74, 6) is -2.21. The summed E-state index contributed by atoms with van der Waals surface area (Å²) in [5, 5.41) is 8.92. The number of methoxy groups -OCH3 is 2. The van der Waals surface area contributed by atoms with E-state index < -0.39 is 71.2 Å². The molecule has 6 atom stereocenters. The van der Waals surface area contributed by atoms with Gasteiger partial charge >= 0.3 is 5.97 Å². The summed E-state index contributed by atoms with van der Waals surface area (Å²) in [5.41, 5.74) is 2.43. The van der Waals surface area contributed by atoms with E-state index in [2.05, 4.69) is 16.0 Å². The van der Waals surface area contributed by atoms with Crippen LogP contribution in [0.4, 0.5) is 0 Å². The number of ether oxygens (including phenoxy) is 6. The van der Waals surface area contributed by atoms with E-state index in [-0.39, 0.29) is 25.3 Å². The van der Waals surface area contributed by atoms with E-state index >= 15 is 0 Å². The van der Waals surface area contributed by atoms with Gasteiger partial charge < -0.3 is 44.4 Å². The van der Waals surface area contributed by atoms with Crippen LogP contribution in [0.25, 0.3) is 0 Å². The number of hydrogen-bond acceptors (Lipinski definition) is 10. The Balaban J connectivity index is 1.39. The van der Waals surface area contributed by atoms with E-state index in [0.717, 1.165) is 22.4 Å². The second-order valence-corrected chi connectivity index (χ2v) is 18.0. The summed E-state index contributed by atoms with van der Waals surface area (Å²) in [6, 6.07) is 18.8. The molecule has 2 aliphatic heterocycles. The van der Waals surface area contributed by atoms with E-state index in [1.165, 1.54) is 13.2 Å². The third-order valence-corrected chi connectivity index (χ3v) is 11.3. The Morgan fingerprint density at radius 2 is 1.45 bits per heavy atom. The molecule has 0 aromatic heterocycles. The van der Waals surface area contributed by atoms with Gasteiger partial charge in [-0.05, 0) is 92.6 Å². The molecule has 2 heterocycles. The summed E-state index contributed by atoms with van der Waals surface area (Å²) < 4.78 is 35.9. The molecular formula is C48H62ClN3O10. The standard InChI is InChI=1S/C48H62ClN3O10/c1-29(2)23-38-45(55)60-39(11-10-12-41(53)51-37(25-33-17-22-40(58-9)36(49)24-33)44(54)50-28-47(4,5)46(56)52-38)30(3)42-43(62-48(6,7)61-42)34-18-13-31(14-19-34)26-59-27-32-15-20-35(57-8)21-16-32/h10,12-22,24,29-30,37-39,42-43H,11,23,25-28H2,1-9H3,(H,50,54)(H,51,53)(H,52,56)/b12-10+/t30-,37+,38-,39-,42+,43+/m0/s1. The van der Waals surface area contributed by atoms with Gasteiger partial charge in [0.1, 0.15) is 35.8 Å². The summed E-state index contributed by atoms with van der Waals surface area (Å²) in [4.78, 5) is 55.2. The van der Waals surface area contributed by atoms with Crippen LogP contribution in [-0.2, 0) is 57.8 Å². The Hall–Kier alpha value is -4.95. The van der Waals surface area contributed by atoms with Crippen molar-refractivity contribution in [2.75, 3.05) is 20.8 Å². The minimum absolute atomic E-state index is 0.0282. The van der Waals surface area contributed by atoms with Crippen LogP contribution >= 0.6 is 11.6 Å². The van der Waals surface area contributed by atoms with Gasteiger partial charge in [-0.15, -0.1) is 0 Å². The second-order valence-electron chi connectivity index (χ2n) is 17.6. The third-order valence-electron chi connectivity index (χ3n) is 11.0. The number of cyclic esters (lactones) is 1. The molecule has 14 heteroatoms. The number of carbonyl (C=O) groups excluding carboxylic acids is 4. The van der Waals surface area contributed by atoms with Crippen molar-refractivity contribution < 1.29 is 47.6 Å². The highest BCUT2D eigenvalue weighted by atomic mass is 35.5. The molecule has 336 valence electrons. The van der Waals surface area contributed by atoms with Crippen molar-refractivity contribution in [3.63, 3.8) is 0 Å². The predicted octanol–water partition coefficient (Wildman–Crippen LogP) is 7.18. The van der Waals surface area contributed by atoms with Crippen LogP contribution in [0.3, 0.4) is 0 Å². The average molecular weight is 876 g/mol. The summed E-state index contributed by atoms with van der Waals surface area (Å²) in [7, 11) is 3.14. The van der Waals surface area contributed by atoms with Gasteiger partial charge in [-0.1, -0.05) is 80.9 Å². The molecule has 2 aliphatic rings. The zero-order chi connectivity index (χ0) is 45.2. The maximum Gasteiger partial charge on any atom is 0.328 e. The minimum atomic E-state index is -1.14. The fourth-order valence-electron chi connectivity index (χ4n) is 7.42. The zero-order valence-corrected chi connectivity index (χ0v) is 38.0. The number of esters is 1. The fraction of sp³-hybridized carbons (Fsp3) is 0.500. The zero-order valence-electron chi connectivity index (χ0n) is 37.3. The van der Waals surface area contributed by atoms with Crippen LogP contribution in [0.15, 0.2) is 78.9 Å². The lowest BCUT2D eigenvalue weighted by Crippen LogP contribution is -2.54. The second kappa shape index (κ2) is 21.4. The van der Waals surface area contributed by atoms with Gasteiger partial charge in [0.05, 0.1) is 44.0 Å². The van der Waals surface area contributed by atoms with E-state index in [0.29, 0.717) is 36.0 Å². The Morgan fingerprint density at radius 1 is 0.806 bits per heavy atom. The number of benzene rings is 3. The molecule has 0 unspecified atom stereocenters. The number of halogens is 1. The third kappa shape index (κ3) is 13.3. The van der Waals surface area contributed by atoms with E-state index in [4.69, 9.17) is 40.0 Å². The largest absolute Gasteiger partial charge is 0.497 e. The van der Waals surface area contributed by atoms with Gasteiger partial charge in [0, 0.05) is 25.3 Å². The molecule has 0 aliphatic carbocycles. The topological polar surface area (TPSA) is 160 Å². The molecule has 0 saturated carbocycles. The Labute approximate surface area is 370 Å². The molecule has 3 amide bonds. The lowest BCUT2D eigenvalue weighted by atomic mass is 9.88. The normalized spacial score (nSPS) is 24.3. The molecule has 62 heavy (non-hydrogen) atoms. The number of rotatable bonds is 13. The highest BCUT2D eigenvalue weighted by Crippen LogP contribution is 2.43. The van der Waals surface area contributed by atoms with Crippen LogP contribution in [0.5, 0.6) is 11.5 Å². The van der Waals surface area contributed by atoms with Crippen molar-refractivity contribution in [2.24, 2.45) is 17.3 Å². The molecule has 13 nitrogen and oxygen atoms in total. The van der Waals surface area contributed by atoms with Crippen molar-refractivity contribution >= 4 is 35.3 Å². The first-order valence-corrected chi connectivity index (χ1v) is 21.5. The number of hydrogen-bond donors (Lipinski definition) is 3. The Kier molecular flexibility index (Phi) is 16.6. The molecule has 0 bridgehead atoms. The van der Waals surface area contributed by atoms with E-state index in [1.807, 2.05) is 83.1 Å². The molecular weight excluding hydrogens is 814 g/mol. The van der Waals surface area contributed by atoms with Gasteiger partial charge in [0.2, 0.25) is 17.7 Å². The van der Waals surface area contributed by atoms with E-state index in [9.17, 15) is 19.2 Å². The molecule has 0 radical (unpaired) electrons. The number of amides is 3. The highest BCUT2D eigenvalue weighted by Gasteiger charge is 2.47. The monoisotopic (exact) mass is 875 g/mol. The maximum absolute atomic E-state index is 14.1. The molecule has 5 rings (SSSR count). The first-order chi connectivity index (χ1) is 29.4. The molecule has 0 spiro atoms. The Morgan fingerprint density at radius 3 is 2.06 bits per heavy atom. The van der Waals surface area contributed by atoms with Crippen LogP contribution in [-0.4, -0.2) is 74.5 Å². The molecule has 1 fully saturated rings. The van der Waals surface area contributed by atoms with Gasteiger partial charge in [0.25, 0.3) is 0 Å². The van der Waals surface area contributed by atoms with Crippen LogP contribution in [0.2, 0.25) is 5.02 Å². The first-order valence-electron chi connectivity index (χ1n) is 21.1. The highest BCUT2D eigenvalue weighted by molar-refractivity contribution is 6.32. The van der Waals surface area contributed by atoms with Gasteiger partial charge in [-0.3, -0.25) is 14.4 Å². The smallest absolute Gasteiger partial charge is 0.328 e. The van der Waals surface area contributed by atoms with Crippen molar-refractivity contribution in [1.82, 2.24) is 16.0 Å². The SMILES string of the molecule is COc1ccc(COCc2ccc([C@H]3OC(C)(C)O[C@@H]3[C@@H](C)[C@@H]3C/C=C/C(=O)N[C@H](Cc4ccc(OC)c(Cl)c4)C(=O)NCC(C)(C)C(=O)N[C@@H](CC(C)C)C(=O)O3)cc2)cc1. The van der Waals surface area contributed by atoms with Crippen molar-refractivity contribution in [3.8, 4) is 11.5 Å². The molecule has 1 saturated heterocycles. The molecule has 3 aromatic rings. The molecule has 3 aromatic carbocycles. The van der Waals surface area contributed by atoms with Crippen LogP contribution in [0, 0.1) is 17.3 Å². The summed E-state index contributed by atoms with van der Waals surface area (Å²) in [6.45, 7) is 13.6. The van der Waals surface area contributed by atoms with Gasteiger partial charge in [-0.25, -0.2) is 4.79 Å². The lowest BCUT2D eigenvalue weighted by Gasteiger charge is -2.32. The summed E-state index contributed by atoms with van der Waals surface area (Å²) >= 11 is 6.39. The number of nitrogens with one attached hydrogen (secondary N) is 3. The van der Waals surface area contributed by atoms with Gasteiger partial charge in [-0.2, -0.15) is 0 Å². The van der Waals surface area contributed by atoms with Crippen LogP contribution < -0.4 is 25.4 Å². The van der Waals surface area contributed by atoms with Crippen LogP contribution in [0.1, 0.15) is 89.7 Å². The Bertz CT molecular complexity index is 2030. The summed E-state index contributed by atoms with van der Waals surface area (Å²) in [6.07, 6.45) is 1.59. The van der Waals surface area contributed by atoms with Crippen molar-refractivity contribution in [2.45, 2.75) is 117 Å². The predicted molar refractivity (Wildman–Crippen MR) is 235 cm³/mol. The maximum atomic E-state index is 14.1. The molecule has 3 N–H and O–H groups in total. The lowest BCUT2D eigenvalue weighted by molar-refractivity contribution is -0.166. The average Bonchev–Trinajstić information content (AvgIpc) is 3.56. The van der Waals surface area contributed by atoms with Crippen molar-refractivity contribution in [1.29, 1.82) is 0 Å². The first kappa shape index (κ1) is 48.1. The quantitative estimate of drug-likeness (QED) is 0.150.